The molecular formula is C13H19NO2. The number of nitrogens with zero attached hydrogens (tertiary/aromatic N) is 1. The van der Waals surface area contributed by atoms with Crippen LogP contribution in [-0.2, 0) is 11.3 Å². The highest BCUT2D eigenvalue weighted by Gasteiger charge is 2.34. The Labute approximate surface area is 96.4 Å². The number of hydrogen-bond donors (Lipinski definition) is 0. The van der Waals surface area contributed by atoms with E-state index in [9.17, 15) is 4.79 Å². The normalized spacial score (nSPS) is 19.1. The van der Waals surface area contributed by atoms with E-state index in [0.717, 1.165) is 31.7 Å². The first-order valence-electron chi connectivity index (χ1n) is 5.91. The van der Waals surface area contributed by atoms with Gasteiger partial charge >= 0.3 is 0 Å². The third-order valence-corrected chi connectivity index (χ3v) is 3.44. The molecule has 1 aromatic heterocycles. The monoisotopic (exact) mass is 221 g/mol. The van der Waals surface area contributed by atoms with Gasteiger partial charge in [0, 0.05) is 12.0 Å². The molecule has 0 saturated heterocycles. The smallest absolute Gasteiger partial charge is 0.127 e. The lowest BCUT2D eigenvalue weighted by molar-refractivity contribution is -0.117. The lowest BCUT2D eigenvalue weighted by Crippen LogP contribution is -2.34. The highest BCUT2D eigenvalue weighted by atomic mass is 16.3. The van der Waals surface area contributed by atoms with Crippen molar-refractivity contribution < 1.29 is 9.21 Å². The first kappa shape index (κ1) is 11.4. The zero-order valence-corrected chi connectivity index (χ0v) is 9.82. The van der Waals surface area contributed by atoms with Crippen molar-refractivity contribution in [3.63, 3.8) is 0 Å². The first-order valence-corrected chi connectivity index (χ1v) is 5.91. The van der Waals surface area contributed by atoms with Gasteiger partial charge in [-0.25, -0.2) is 0 Å². The van der Waals surface area contributed by atoms with Gasteiger partial charge in [0.05, 0.1) is 12.8 Å². The van der Waals surface area contributed by atoms with Gasteiger partial charge < -0.3 is 9.21 Å². The molecule has 0 N–H and O–H groups in total. The molecule has 1 aliphatic rings. The van der Waals surface area contributed by atoms with Crippen molar-refractivity contribution in [2.75, 3.05) is 13.6 Å². The molecule has 1 fully saturated rings. The third-order valence-electron chi connectivity index (χ3n) is 3.44. The second-order valence-corrected chi connectivity index (χ2v) is 4.94. The molecule has 1 heterocycles. The molecule has 0 aliphatic heterocycles. The minimum Gasteiger partial charge on any atom is -0.468 e. The fourth-order valence-electron chi connectivity index (χ4n) is 2.65. The van der Waals surface area contributed by atoms with E-state index in [2.05, 4.69) is 4.90 Å². The predicted molar refractivity (Wildman–Crippen MR) is 62.0 cm³/mol. The van der Waals surface area contributed by atoms with Crippen LogP contribution in [0, 0.1) is 5.41 Å². The van der Waals surface area contributed by atoms with Crippen LogP contribution in [0.25, 0.3) is 0 Å². The molecule has 0 atom stereocenters. The van der Waals surface area contributed by atoms with Crippen molar-refractivity contribution >= 4 is 6.29 Å². The molecule has 88 valence electrons. The van der Waals surface area contributed by atoms with E-state index < -0.39 is 0 Å². The van der Waals surface area contributed by atoms with E-state index in [4.69, 9.17) is 4.42 Å². The second-order valence-electron chi connectivity index (χ2n) is 4.94. The summed E-state index contributed by atoms with van der Waals surface area (Å²) in [7, 11) is 2.05. The largest absolute Gasteiger partial charge is 0.468 e. The Balaban J connectivity index is 1.90. The van der Waals surface area contributed by atoms with Crippen LogP contribution in [0.3, 0.4) is 0 Å². The van der Waals surface area contributed by atoms with Gasteiger partial charge in [0.15, 0.2) is 0 Å². The Bertz CT molecular complexity index is 326. The van der Waals surface area contributed by atoms with Crippen molar-refractivity contribution in [3.05, 3.63) is 24.2 Å². The quantitative estimate of drug-likeness (QED) is 0.716. The summed E-state index contributed by atoms with van der Waals surface area (Å²) in [6.07, 6.45) is 7.31. The molecular weight excluding hydrogens is 202 g/mol. The van der Waals surface area contributed by atoms with Crippen molar-refractivity contribution in [1.29, 1.82) is 0 Å². The number of carbonyl (C=O) groups is 1. The predicted octanol–water partition coefficient (Wildman–Crippen LogP) is 2.47. The Hall–Kier alpha value is -1.09. The van der Waals surface area contributed by atoms with Crippen LogP contribution in [0.15, 0.2) is 22.8 Å². The fourth-order valence-corrected chi connectivity index (χ4v) is 2.65. The summed E-state index contributed by atoms with van der Waals surface area (Å²) in [6.45, 7) is 1.62. The van der Waals surface area contributed by atoms with Gasteiger partial charge in [-0.3, -0.25) is 4.90 Å². The van der Waals surface area contributed by atoms with Crippen LogP contribution in [-0.4, -0.2) is 24.8 Å². The number of aldehydes is 1. The molecule has 1 saturated carbocycles. The van der Waals surface area contributed by atoms with Crippen LogP contribution < -0.4 is 0 Å². The molecule has 3 nitrogen and oxygen atoms in total. The van der Waals surface area contributed by atoms with Gasteiger partial charge in [-0.05, 0) is 32.0 Å². The van der Waals surface area contributed by atoms with E-state index >= 15 is 0 Å². The van der Waals surface area contributed by atoms with Crippen molar-refractivity contribution in [2.45, 2.75) is 32.2 Å². The van der Waals surface area contributed by atoms with E-state index in [1.807, 2.05) is 19.2 Å². The van der Waals surface area contributed by atoms with Crippen molar-refractivity contribution in [3.8, 4) is 0 Å². The molecule has 16 heavy (non-hydrogen) atoms. The molecule has 0 spiro atoms. The van der Waals surface area contributed by atoms with Crippen LogP contribution in [0.2, 0.25) is 0 Å². The molecule has 1 aromatic rings. The summed E-state index contributed by atoms with van der Waals surface area (Å²) in [5.41, 5.74) is -0.0959. The average molecular weight is 221 g/mol. The maximum atomic E-state index is 11.2. The highest BCUT2D eigenvalue weighted by molar-refractivity contribution is 5.60. The van der Waals surface area contributed by atoms with Gasteiger partial charge in [-0.1, -0.05) is 12.8 Å². The minimum atomic E-state index is -0.0959. The topological polar surface area (TPSA) is 33.5 Å². The van der Waals surface area contributed by atoms with E-state index in [1.165, 1.54) is 19.1 Å². The number of furan rings is 1. The van der Waals surface area contributed by atoms with E-state index in [1.54, 1.807) is 6.26 Å². The molecule has 3 heteroatoms. The van der Waals surface area contributed by atoms with Crippen molar-refractivity contribution in [1.82, 2.24) is 4.90 Å². The Morgan fingerprint density at radius 2 is 2.25 bits per heavy atom. The standard InChI is InChI=1S/C13H19NO2/c1-14(9-12-5-4-8-16-12)10-13(11-15)6-2-3-7-13/h4-5,8,11H,2-3,6-7,9-10H2,1H3. The lowest BCUT2D eigenvalue weighted by Gasteiger charge is -2.27. The second kappa shape index (κ2) is 4.83. The zero-order chi connectivity index (χ0) is 11.4. The summed E-state index contributed by atoms with van der Waals surface area (Å²) in [4.78, 5) is 13.4. The minimum absolute atomic E-state index is 0.0959. The van der Waals surface area contributed by atoms with Gasteiger partial charge in [-0.2, -0.15) is 0 Å². The summed E-state index contributed by atoms with van der Waals surface area (Å²) >= 11 is 0. The van der Waals surface area contributed by atoms with E-state index in [0.29, 0.717) is 0 Å². The Morgan fingerprint density at radius 1 is 1.50 bits per heavy atom. The van der Waals surface area contributed by atoms with Crippen LogP contribution in [0.5, 0.6) is 0 Å². The number of carbonyl (C=O) groups excluding carboxylic acids is 1. The van der Waals surface area contributed by atoms with E-state index in [-0.39, 0.29) is 5.41 Å². The van der Waals surface area contributed by atoms with Crippen LogP contribution >= 0.6 is 0 Å². The SMILES string of the molecule is CN(Cc1ccco1)CC1(C=O)CCCC1. The van der Waals surface area contributed by atoms with Crippen LogP contribution in [0.1, 0.15) is 31.4 Å². The summed E-state index contributed by atoms with van der Waals surface area (Å²) in [6, 6.07) is 3.87. The molecule has 0 unspecified atom stereocenters. The molecule has 0 radical (unpaired) electrons. The van der Waals surface area contributed by atoms with Crippen molar-refractivity contribution in [2.24, 2.45) is 5.41 Å². The Morgan fingerprint density at radius 3 is 2.81 bits per heavy atom. The Kier molecular flexibility index (Phi) is 3.44. The van der Waals surface area contributed by atoms with Gasteiger partial charge in [0.25, 0.3) is 0 Å². The molecule has 0 amide bonds. The molecule has 2 rings (SSSR count). The zero-order valence-electron chi connectivity index (χ0n) is 9.82. The van der Waals surface area contributed by atoms with Gasteiger partial charge in [-0.15, -0.1) is 0 Å². The van der Waals surface area contributed by atoms with Gasteiger partial charge in [0.1, 0.15) is 12.0 Å². The first-order chi connectivity index (χ1) is 7.74. The lowest BCUT2D eigenvalue weighted by atomic mass is 9.87. The molecule has 1 aliphatic carbocycles. The number of hydrogen-bond acceptors (Lipinski definition) is 3. The highest BCUT2D eigenvalue weighted by Crippen LogP contribution is 2.36. The maximum Gasteiger partial charge on any atom is 0.127 e. The summed E-state index contributed by atoms with van der Waals surface area (Å²) < 4.78 is 5.31. The average Bonchev–Trinajstić information content (AvgIpc) is 2.90. The van der Waals surface area contributed by atoms with Crippen LogP contribution in [0.4, 0.5) is 0 Å². The fraction of sp³-hybridized carbons (Fsp3) is 0.615. The molecule has 0 aromatic carbocycles. The van der Waals surface area contributed by atoms with Gasteiger partial charge in [0.2, 0.25) is 0 Å². The summed E-state index contributed by atoms with van der Waals surface area (Å²) in [5, 5.41) is 0. The third kappa shape index (κ3) is 2.53. The summed E-state index contributed by atoms with van der Waals surface area (Å²) in [5.74, 6) is 0.960. The number of rotatable bonds is 5. The molecule has 0 bridgehead atoms. The maximum absolute atomic E-state index is 11.2.